The molecule has 0 spiro atoms. The Hall–Kier alpha value is -0.610. The molecule has 2 atom stereocenters. The number of hydrogen-bond acceptors (Lipinski definition) is 3. The summed E-state index contributed by atoms with van der Waals surface area (Å²) >= 11 is 6.25. The van der Waals surface area contributed by atoms with Crippen LogP contribution in [0, 0.1) is 0 Å². The molecule has 1 aliphatic heterocycles. The third-order valence-corrected chi connectivity index (χ3v) is 4.17. The van der Waals surface area contributed by atoms with Gasteiger partial charge in [-0.3, -0.25) is 4.90 Å². The van der Waals surface area contributed by atoms with E-state index in [9.17, 15) is 5.11 Å². The van der Waals surface area contributed by atoms with Crippen molar-refractivity contribution in [2.45, 2.75) is 44.9 Å². The molecule has 1 aromatic rings. The van der Waals surface area contributed by atoms with E-state index in [4.69, 9.17) is 16.3 Å². The number of aliphatic hydroxyl groups is 1. The first kappa shape index (κ1) is 15.8. The van der Waals surface area contributed by atoms with Gasteiger partial charge in [-0.05, 0) is 33.3 Å². The van der Waals surface area contributed by atoms with E-state index in [1.165, 1.54) is 0 Å². The maximum absolute atomic E-state index is 9.88. The molecule has 0 bridgehead atoms. The molecule has 20 heavy (non-hydrogen) atoms. The van der Waals surface area contributed by atoms with Gasteiger partial charge in [0, 0.05) is 29.7 Å². The predicted molar refractivity (Wildman–Crippen MR) is 82.1 cm³/mol. The van der Waals surface area contributed by atoms with Crippen LogP contribution >= 0.6 is 11.6 Å². The van der Waals surface area contributed by atoms with Crippen molar-refractivity contribution in [2.24, 2.45) is 0 Å². The van der Waals surface area contributed by atoms with Gasteiger partial charge in [0.25, 0.3) is 0 Å². The topological polar surface area (TPSA) is 32.7 Å². The van der Waals surface area contributed by atoms with E-state index in [-0.39, 0.29) is 6.10 Å². The van der Waals surface area contributed by atoms with E-state index in [0.717, 1.165) is 30.1 Å². The molecule has 0 unspecified atom stereocenters. The van der Waals surface area contributed by atoms with E-state index in [1.54, 1.807) is 0 Å². The fourth-order valence-electron chi connectivity index (χ4n) is 2.46. The molecular formula is C16H24ClNO2. The van der Waals surface area contributed by atoms with Gasteiger partial charge in [-0.1, -0.05) is 29.8 Å². The van der Waals surface area contributed by atoms with Crippen LogP contribution in [0.5, 0.6) is 0 Å². The first-order valence-corrected chi connectivity index (χ1v) is 7.57. The standard InChI is InChI=1S/C16H24ClNO2/c1-12-11-20-15(13-6-4-5-7-14(13)17)10-18(12)9-8-16(2,3)19/h4-7,12,15,19H,8-11H2,1-3H3/t12-,15+/m0/s1. The first-order valence-electron chi connectivity index (χ1n) is 7.19. The van der Waals surface area contributed by atoms with Gasteiger partial charge in [0.1, 0.15) is 0 Å². The Labute approximate surface area is 126 Å². The zero-order valence-electron chi connectivity index (χ0n) is 12.5. The highest BCUT2D eigenvalue weighted by molar-refractivity contribution is 6.31. The van der Waals surface area contributed by atoms with Crippen LogP contribution in [0.4, 0.5) is 0 Å². The zero-order valence-corrected chi connectivity index (χ0v) is 13.2. The molecule has 1 aliphatic rings. The van der Waals surface area contributed by atoms with Gasteiger partial charge in [-0.15, -0.1) is 0 Å². The van der Waals surface area contributed by atoms with Gasteiger partial charge in [0.15, 0.2) is 0 Å². The van der Waals surface area contributed by atoms with Crippen molar-refractivity contribution in [3.8, 4) is 0 Å². The van der Waals surface area contributed by atoms with Crippen molar-refractivity contribution < 1.29 is 9.84 Å². The highest BCUT2D eigenvalue weighted by atomic mass is 35.5. The summed E-state index contributed by atoms with van der Waals surface area (Å²) < 4.78 is 5.93. The van der Waals surface area contributed by atoms with Crippen LogP contribution in [0.3, 0.4) is 0 Å². The SMILES string of the molecule is C[C@H]1CO[C@@H](c2ccccc2Cl)CN1CCC(C)(C)O. The maximum Gasteiger partial charge on any atom is 0.0967 e. The van der Waals surface area contributed by atoms with Crippen molar-refractivity contribution in [1.82, 2.24) is 4.90 Å². The van der Waals surface area contributed by atoms with Crippen molar-refractivity contribution in [1.29, 1.82) is 0 Å². The quantitative estimate of drug-likeness (QED) is 0.926. The van der Waals surface area contributed by atoms with Gasteiger partial charge in [-0.2, -0.15) is 0 Å². The van der Waals surface area contributed by atoms with Crippen LogP contribution < -0.4 is 0 Å². The lowest BCUT2D eigenvalue weighted by molar-refractivity contribution is -0.0666. The molecule has 0 aliphatic carbocycles. The predicted octanol–water partition coefficient (Wildman–Crippen LogP) is 3.26. The zero-order chi connectivity index (χ0) is 14.8. The Morgan fingerprint density at radius 3 is 2.75 bits per heavy atom. The molecular weight excluding hydrogens is 274 g/mol. The maximum atomic E-state index is 9.88. The average molecular weight is 298 g/mol. The van der Waals surface area contributed by atoms with E-state index in [0.29, 0.717) is 12.6 Å². The fraction of sp³-hybridized carbons (Fsp3) is 0.625. The van der Waals surface area contributed by atoms with Crippen molar-refractivity contribution in [3.63, 3.8) is 0 Å². The van der Waals surface area contributed by atoms with Gasteiger partial charge in [0.05, 0.1) is 18.3 Å². The molecule has 3 nitrogen and oxygen atoms in total. The molecule has 112 valence electrons. The van der Waals surface area contributed by atoms with Gasteiger partial charge in [-0.25, -0.2) is 0 Å². The number of nitrogens with zero attached hydrogens (tertiary/aromatic N) is 1. The second kappa shape index (κ2) is 6.44. The van der Waals surface area contributed by atoms with Crippen LogP contribution in [-0.4, -0.2) is 41.3 Å². The van der Waals surface area contributed by atoms with Crippen LogP contribution in [-0.2, 0) is 4.74 Å². The summed E-state index contributed by atoms with van der Waals surface area (Å²) in [7, 11) is 0. The van der Waals surface area contributed by atoms with Crippen LogP contribution in [0.15, 0.2) is 24.3 Å². The summed E-state index contributed by atoms with van der Waals surface area (Å²) in [5.74, 6) is 0. The Morgan fingerprint density at radius 2 is 2.10 bits per heavy atom. The summed E-state index contributed by atoms with van der Waals surface area (Å²) in [6.07, 6.45) is 0.772. The Balaban J connectivity index is 2.03. The number of hydrogen-bond donors (Lipinski definition) is 1. The normalized spacial score (nSPS) is 24.9. The monoisotopic (exact) mass is 297 g/mol. The van der Waals surface area contributed by atoms with Gasteiger partial charge in [0.2, 0.25) is 0 Å². The van der Waals surface area contributed by atoms with E-state index in [2.05, 4.69) is 11.8 Å². The third kappa shape index (κ3) is 4.19. The Morgan fingerprint density at radius 1 is 1.40 bits per heavy atom. The molecule has 1 heterocycles. The number of benzene rings is 1. The fourth-order valence-corrected chi connectivity index (χ4v) is 2.72. The summed E-state index contributed by atoms with van der Waals surface area (Å²) in [6, 6.07) is 8.22. The average Bonchev–Trinajstić information content (AvgIpc) is 2.38. The summed E-state index contributed by atoms with van der Waals surface area (Å²) in [5.41, 5.74) is 0.423. The molecule has 0 saturated carbocycles. The minimum atomic E-state index is -0.627. The van der Waals surface area contributed by atoms with Gasteiger partial charge >= 0.3 is 0 Å². The lowest BCUT2D eigenvalue weighted by Crippen LogP contribution is -2.46. The number of halogens is 1. The molecule has 2 rings (SSSR count). The molecule has 0 amide bonds. The highest BCUT2D eigenvalue weighted by Crippen LogP contribution is 2.30. The lowest BCUT2D eigenvalue weighted by atomic mass is 10.0. The number of rotatable bonds is 4. The second-order valence-corrected chi connectivity index (χ2v) is 6.66. The molecule has 1 N–H and O–H groups in total. The van der Waals surface area contributed by atoms with Crippen LogP contribution in [0.2, 0.25) is 5.02 Å². The summed E-state index contributed by atoms with van der Waals surface area (Å²) in [6.45, 7) is 8.25. The van der Waals surface area contributed by atoms with E-state index >= 15 is 0 Å². The van der Waals surface area contributed by atoms with E-state index in [1.807, 2.05) is 38.1 Å². The molecule has 1 aromatic carbocycles. The second-order valence-electron chi connectivity index (χ2n) is 6.25. The van der Waals surface area contributed by atoms with Crippen molar-refractivity contribution in [2.75, 3.05) is 19.7 Å². The molecule has 1 fully saturated rings. The highest BCUT2D eigenvalue weighted by Gasteiger charge is 2.29. The van der Waals surface area contributed by atoms with Crippen LogP contribution in [0.25, 0.3) is 0 Å². The number of ether oxygens (including phenoxy) is 1. The van der Waals surface area contributed by atoms with Gasteiger partial charge < -0.3 is 9.84 Å². The lowest BCUT2D eigenvalue weighted by Gasteiger charge is -2.39. The smallest absolute Gasteiger partial charge is 0.0967 e. The minimum absolute atomic E-state index is 0.0155. The first-order chi connectivity index (χ1) is 9.37. The Bertz CT molecular complexity index is 444. The summed E-state index contributed by atoms with van der Waals surface area (Å²) in [4.78, 5) is 2.37. The van der Waals surface area contributed by atoms with Crippen molar-refractivity contribution in [3.05, 3.63) is 34.9 Å². The largest absolute Gasteiger partial charge is 0.390 e. The molecule has 0 radical (unpaired) electrons. The van der Waals surface area contributed by atoms with Crippen LogP contribution in [0.1, 0.15) is 38.9 Å². The molecule has 0 aromatic heterocycles. The molecule has 1 saturated heterocycles. The molecule has 4 heteroatoms. The van der Waals surface area contributed by atoms with E-state index < -0.39 is 5.60 Å². The summed E-state index contributed by atoms with van der Waals surface area (Å²) in [5, 5.41) is 10.6. The Kier molecular flexibility index (Phi) is 5.08. The van der Waals surface area contributed by atoms with Crippen molar-refractivity contribution >= 4 is 11.6 Å². The number of morpholine rings is 1. The minimum Gasteiger partial charge on any atom is -0.390 e. The third-order valence-electron chi connectivity index (χ3n) is 3.83.